The molecule has 1 heterocycles. The molecule has 2 amide bonds. The number of carbonyl (C=O) groups excluding carboxylic acids is 2. The summed E-state index contributed by atoms with van der Waals surface area (Å²) >= 11 is 0. The smallest absolute Gasteiger partial charge is 0.258 e. The number of hydrogen-bond acceptors (Lipinski definition) is 6. The molecule has 8 heteroatoms. The van der Waals surface area contributed by atoms with E-state index in [1.54, 1.807) is 50.4 Å². The molecule has 0 saturated carbocycles. The molecule has 3 rings (SSSR count). The van der Waals surface area contributed by atoms with Crippen molar-refractivity contribution in [1.82, 2.24) is 15.0 Å². The van der Waals surface area contributed by atoms with Gasteiger partial charge in [-0.1, -0.05) is 17.7 Å². The second kappa shape index (κ2) is 8.26. The summed E-state index contributed by atoms with van der Waals surface area (Å²) in [6.07, 6.45) is 0. The van der Waals surface area contributed by atoms with E-state index in [2.05, 4.69) is 25.6 Å². The van der Waals surface area contributed by atoms with Gasteiger partial charge in [0.1, 0.15) is 11.6 Å². The number of benzene rings is 2. The Morgan fingerprint density at radius 1 is 0.750 bits per heavy atom. The highest BCUT2D eigenvalue weighted by molar-refractivity contribution is 6.04. The number of aromatic nitrogens is 3. The molecule has 28 heavy (non-hydrogen) atoms. The quantitative estimate of drug-likeness (QED) is 0.708. The predicted octanol–water partition coefficient (Wildman–Crippen LogP) is 3.00. The van der Waals surface area contributed by atoms with Crippen LogP contribution in [-0.4, -0.2) is 33.9 Å². The molecule has 0 bridgehead atoms. The van der Waals surface area contributed by atoms with Crippen LogP contribution in [0.1, 0.15) is 32.1 Å². The maximum atomic E-state index is 12.4. The lowest BCUT2D eigenvalue weighted by atomic mass is 10.1. The predicted molar refractivity (Wildman–Crippen MR) is 105 cm³/mol. The molecule has 2 N–H and O–H groups in total. The van der Waals surface area contributed by atoms with Crippen LogP contribution in [0.3, 0.4) is 0 Å². The first-order valence-corrected chi connectivity index (χ1v) is 8.50. The van der Waals surface area contributed by atoms with Crippen LogP contribution in [0.25, 0.3) is 0 Å². The van der Waals surface area contributed by atoms with Gasteiger partial charge in [-0.15, -0.1) is 0 Å². The van der Waals surface area contributed by atoms with E-state index in [4.69, 9.17) is 4.74 Å². The van der Waals surface area contributed by atoms with Crippen molar-refractivity contribution in [3.05, 3.63) is 71.0 Å². The molecule has 0 saturated heterocycles. The summed E-state index contributed by atoms with van der Waals surface area (Å²) in [5.41, 5.74) is 1.95. The van der Waals surface area contributed by atoms with Crippen LogP contribution in [-0.2, 0) is 0 Å². The average molecular weight is 377 g/mol. The lowest BCUT2D eigenvalue weighted by Gasteiger charge is -2.08. The van der Waals surface area contributed by atoms with Crippen molar-refractivity contribution >= 4 is 23.7 Å². The zero-order chi connectivity index (χ0) is 20.1. The second-order valence-electron chi connectivity index (χ2n) is 6.03. The highest BCUT2D eigenvalue weighted by atomic mass is 16.5. The van der Waals surface area contributed by atoms with Crippen LogP contribution in [0.5, 0.6) is 5.75 Å². The summed E-state index contributed by atoms with van der Waals surface area (Å²) < 4.78 is 5.07. The molecule has 8 nitrogen and oxygen atoms in total. The van der Waals surface area contributed by atoms with Gasteiger partial charge in [0.15, 0.2) is 0 Å². The van der Waals surface area contributed by atoms with Crippen LogP contribution in [0.2, 0.25) is 0 Å². The number of ether oxygens (including phenoxy) is 1. The molecule has 3 aromatic rings. The number of rotatable bonds is 5. The van der Waals surface area contributed by atoms with Gasteiger partial charge >= 0.3 is 0 Å². The Bertz CT molecular complexity index is 1000. The SMILES string of the molecule is COc1ccc(C(=O)Nc2nc(C)nc(NC(=O)c3ccc(C)cc3)n2)cc1. The number of nitrogens with zero attached hydrogens (tertiary/aromatic N) is 3. The number of aryl methyl sites for hydroxylation is 2. The molecule has 0 spiro atoms. The molecule has 0 aliphatic rings. The fourth-order valence-electron chi connectivity index (χ4n) is 2.39. The van der Waals surface area contributed by atoms with Crippen molar-refractivity contribution in [3.8, 4) is 5.75 Å². The van der Waals surface area contributed by atoms with Crippen LogP contribution < -0.4 is 15.4 Å². The third-order valence-electron chi connectivity index (χ3n) is 3.86. The van der Waals surface area contributed by atoms with Gasteiger partial charge in [-0.05, 0) is 50.2 Å². The highest BCUT2D eigenvalue weighted by Gasteiger charge is 2.13. The normalized spacial score (nSPS) is 10.2. The Morgan fingerprint density at radius 2 is 1.21 bits per heavy atom. The van der Waals surface area contributed by atoms with E-state index >= 15 is 0 Å². The van der Waals surface area contributed by atoms with Crippen molar-refractivity contribution in [2.75, 3.05) is 17.7 Å². The van der Waals surface area contributed by atoms with Gasteiger partial charge in [-0.3, -0.25) is 20.2 Å². The molecule has 0 radical (unpaired) electrons. The summed E-state index contributed by atoms with van der Waals surface area (Å²) in [6, 6.07) is 13.7. The molecular formula is C20H19N5O3. The fourth-order valence-corrected chi connectivity index (χ4v) is 2.39. The van der Waals surface area contributed by atoms with Gasteiger partial charge in [-0.25, -0.2) is 0 Å². The largest absolute Gasteiger partial charge is 0.497 e. The van der Waals surface area contributed by atoms with E-state index in [1.807, 2.05) is 19.1 Å². The van der Waals surface area contributed by atoms with E-state index in [0.29, 0.717) is 22.7 Å². The first-order chi connectivity index (χ1) is 13.4. The number of amides is 2. The minimum Gasteiger partial charge on any atom is -0.497 e. The Balaban J connectivity index is 1.74. The van der Waals surface area contributed by atoms with E-state index in [0.717, 1.165) is 5.56 Å². The number of methoxy groups -OCH3 is 1. The van der Waals surface area contributed by atoms with Crippen molar-refractivity contribution in [2.24, 2.45) is 0 Å². The van der Waals surface area contributed by atoms with Gasteiger partial charge in [0.05, 0.1) is 7.11 Å². The maximum Gasteiger partial charge on any atom is 0.258 e. The van der Waals surface area contributed by atoms with Gasteiger partial charge in [0.2, 0.25) is 11.9 Å². The molecule has 0 fully saturated rings. The Hall–Kier alpha value is -3.81. The molecule has 0 aliphatic heterocycles. The maximum absolute atomic E-state index is 12.4. The molecule has 0 atom stereocenters. The third-order valence-corrected chi connectivity index (χ3v) is 3.86. The number of hydrogen-bond donors (Lipinski definition) is 2. The average Bonchev–Trinajstić information content (AvgIpc) is 2.68. The van der Waals surface area contributed by atoms with Gasteiger partial charge in [-0.2, -0.15) is 15.0 Å². The van der Waals surface area contributed by atoms with Crippen molar-refractivity contribution in [2.45, 2.75) is 13.8 Å². The molecular weight excluding hydrogens is 358 g/mol. The Labute approximate surface area is 162 Å². The minimum absolute atomic E-state index is 0.0486. The van der Waals surface area contributed by atoms with E-state index in [1.165, 1.54) is 0 Å². The second-order valence-corrected chi connectivity index (χ2v) is 6.03. The summed E-state index contributed by atoms with van der Waals surface area (Å²) in [5.74, 6) is 0.380. The standard InChI is InChI=1S/C20H19N5O3/c1-12-4-6-14(7-5-12)17(26)23-19-21-13(2)22-20(25-19)24-18(27)15-8-10-16(28-3)11-9-15/h4-11H,1-3H3,(H2,21,22,23,24,25,26,27). The zero-order valence-electron chi connectivity index (χ0n) is 15.7. The third kappa shape index (κ3) is 4.67. The first kappa shape index (κ1) is 19.0. The molecule has 142 valence electrons. The van der Waals surface area contributed by atoms with Gasteiger partial charge in [0.25, 0.3) is 11.8 Å². The molecule has 0 unspecified atom stereocenters. The van der Waals surface area contributed by atoms with Crippen LogP contribution in [0, 0.1) is 13.8 Å². The van der Waals surface area contributed by atoms with Crippen molar-refractivity contribution in [1.29, 1.82) is 0 Å². The first-order valence-electron chi connectivity index (χ1n) is 8.50. The highest BCUT2D eigenvalue weighted by Crippen LogP contribution is 2.13. The van der Waals surface area contributed by atoms with Gasteiger partial charge < -0.3 is 4.74 Å². The van der Waals surface area contributed by atoms with E-state index in [-0.39, 0.29) is 23.7 Å². The minimum atomic E-state index is -0.385. The van der Waals surface area contributed by atoms with Crippen LogP contribution in [0.4, 0.5) is 11.9 Å². The summed E-state index contributed by atoms with van der Waals surface area (Å²) in [7, 11) is 1.55. The molecule has 0 aliphatic carbocycles. The number of carbonyl (C=O) groups is 2. The van der Waals surface area contributed by atoms with Crippen molar-refractivity contribution < 1.29 is 14.3 Å². The Morgan fingerprint density at radius 3 is 1.68 bits per heavy atom. The monoisotopic (exact) mass is 377 g/mol. The van der Waals surface area contributed by atoms with E-state index < -0.39 is 0 Å². The number of anilines is 2. The summed E-state index contributed by atoms with van der Waals surface area (Å²) in [4.78, 5) is 37.0. The van der Waals surface area contributed by atoms with E-state index in [9.17, 15) is 9.59 Å². The van der Waals surface area contributed by atoms with Crippen LogP contribution in [0.15, 0.2) is 48.5 Å². The molecule has 1 aromatic heterocycles. The lowest BCUT2D eigenvalue weighted by Crippen LogP contribution is -2.18. The molecule has 2 aromatic carbocycles. The summed E-state index contributed by atoms with van der Waals surface area (Å²) in [5, 5.41) is 5.22. The summed E-state index contributed by atoms with van der Waals surface area (Å²) in [6.45, 7) is 3.58. The number of nitrogens with one attached hydrogen (secondary N) is 2. The van der Waals surface area contributed by atoms with Crippen LogP contribution >= 0.6 is 0 Å². The topological polar surface area (TPSA) is 106 Å². The fraction of sp³-hybridized carbons (Fsp3) is 0.150. The lowest BCUT2D eigenvalue weighted by molar-refractivity contribution is 0.101. The Kier molecular flexibility index (Phi) is 5.59. The zero-order valence-corrected chi connectivity index (χ0v) is 15.7. The van der Waals surface area contributed by atoms with Gasteiger partial charge in [0, 0.05) is 11.1 Å². The van der Waals surface area contributed by atoms with Crippen molar-refractivity contribution in [3.63, 3.8) is 0 Å².